The zero-order valence-electron chi connectivity index (χ0n) is 12.0. The minimum absolute atomic E-state index is 0.420. The quantitative estimate of drug-likeness (QED) is 0.824. The van der Waals surface area contributed by atoms with E-state index >= 15 is 0 Å². The van der Waals surface area contributed by atoms with Crippen LogP contribution in [0, 0.1) is 11.3 Å². The monoisotopic (exact) mass is 286 g/mol. The van der Waals surface area contributed by atoms with Gasteiger partial charge in [0.2, 0.25) is 0 Å². The van der Waals surface area contributed by atoms with Crippen molar-refractivity contribution in [3.05, 3.63) is 45.4 Å². The molecule has 2 rings (SSSR count). The molecule has 3 nitrogen and oxygen atoms in total. The average molecular weight is 286 g/mol. The molecule has 0 saturated heterocycles. The lowest BCUT2D eigenvalue weighted by atomic mass is 10.0. The van der Waals surface area contributed by atoms with E-state index in [0.29, 0.717) is 17.4 Å². The fourth-order valence-corrected chi connectivity index (χ4v) is 2.88. The Balaban J connectivity index is 2.13. The third kappa shape index (κ3) is 3.17. The lowest BCUT2D eigenvalue weighted by Gasteiger charge is -2.12. The molecule has 1 heterocycles. The van der Waals surface area contributed by atoms with Crippen LogP contribution in [0.4, 0.5) is 0 Å². The van der Waals surface area contributed by atoms with Gasteiger partial charge in [-0.2, -0.15) is 5.26 Å². The Kier molecular flexibility index (Phi) is 4.75. The zero-order chi connectivity index (χ0) is 14.5. The topological polar surface area (TPSA) is 45.9 Å². The van der Waals surface area contributed by atoms with Gasteiger partial charge in [0.05, 0.1) is 5.69 Å². The third-order valence-electron chi connectivity index (χ3n) is 3.07. The molecular weight excluding hydrogens is 268 g/mol. The number of aromatic nitrogens is 1. The van der Waals surface area contributed by atoms with Crippen LogP contribution in [0.1, 0.15) is 47.8 Å². The van der Waals surface area contributed by atoms with Gasteiger partial charge in [-0.15, -0.1) is 11.3 Å². The molecule has 20 heavy (non-hydrogen) atoms. The van der Waals surface area contributed by atoms with E-state index in [9.17, 15) is 0 Å². The van der Waals surface area contributed by atoms with Crippen molar-refractivity contribution >= 4 is 11.3 Å². The molecule has 104 valence electrons. The summed E-state index contributed by atoms with van der Waals surface area (Å²) in [5.41, 5.74) is 2.06. The highest BCUT2D eigenvalue weighted by molar-refractivity contribution is 7.12. The first-order valence-electron chi connectivity index (χ1n) is 6.76. The molecule has 4 heteroatoms. The first kappa shape index (κ1) is 14.5. The molecule has 0 amide bonds. The van der Waals surface area contributed by atoms with E-state index in [-0.39, 0.29) is 0 Å². The van der Waals surface area contributed by atoms with Gasteiger partial charge in [0.15, 0.2) is 0 Å². The highest BCUT2D eigenvalue weighted by atomic mass is 32.1. The van der Waals surface area contributed by atoms with Crippen molar-refractivity contribution in [1.82, 2.24) is 4.98 Å². The van der Waals surface area contributed by atoms with E-state index in [0.717, 1.165) is 22.9 Å². The Hall–Kier alpha value is -1.86. The SMILES string of the molecule is CCc1nc(COc2ccccc2C(C)C)sc1C#N. The van der Waals surface area contributed by atoms with E-state index in [2.05, 4.69) is 31.0 Å². The Bertz CT molecular complexity index is 626. The van der Waals surface area contributed by atoms with Gasteiger partial charge in [-0.3, -0.25) is 0 Å². The summed E-state index contributed by atoms with van der Waals surface area (Å²) in [5, 5.41) is 9.90. The smallest absolute Gasteiger partial charge is 0.140 e. The number of nitrogens with zero attached hydrogens (tertiary/aromatic N) is 2. The Morgan fingerprint density at radius 3 is 2.70 bits per heavy atom. The van der Waals surface area contributed by atoms with Gasteiger partial charge in [-0.1, -0.05) is 39.0 Å². The number of hydrogen-bond donors (Lipinski definition) is 0. The molecule has 0 atom stereocenters. The average Bonchev–Trinajstić information content (AvgIpc) is 2.87. The summed E-state index contributed by atoms with van der Waals surface area (Å²) in [7, 11) is 0. The standard InChI is InChI=1S/C16H18N2OS/c1-4-13-15(9-17)20-16(18-13)10-19-14-8-6-5-7-12(14)11(2)3/h5-8,11H,4,10H2,1-3H3. The number of thiazole rings is 1. The van der Waals surface area contributed by atoms with Gasteiger partial charge in [-0.25, -0.2) is 4.98 Å². The molecule has 0 N–H and O–H groups in total. The third-order valence-corrected chi connectivity index (χ3v) is 4.05. The molecule has 0 radical (unpaired) electrons. The lowest BCUT2D eigenvalue weighted by Crippen LogP contribution is -1.99. The van der Waals surface area contributed by atoms with Gasteiger partial charge in [0.25, 0.3) is 0 Å². The molecule has 0 fully saturated rings. The molecule has 0 saturated carbocycles. The van der Waals surface area contributed by atoms with E-state index in [4.69, 9.17) is 10.00 Å². The maximum absolute atomic E-state index is 9.04. The fraction of sp³-hybridized carbons (Fsp3) is 0.375. The van der Waals surface area contributed by atoms with Crippen LogP contribution in [0.2, 0.25) is 0 Å². The van der Waals surface area contributed by atoms with Gasteiger partial charge >= 0.3 is 0 Å². The van der Waals surface area contributed by atoms with Crippen LogP contribution in [-0.2, 0) is 13.0 Å². The number of aryl methyl sites for hydroxylation is 1. The molecule has 0 aliphatic carbocycles. The highest BCUT2D eigenvalue weighted by Gasteiger charge is 2.11. The highest BCUT2D eigenvalue weighted by Crippen LogP contribution is 2.27. The lowest BCUT2D eigenvalue weighted by molar-refractivity contribution is 0.301. The first-order chi connectivity index (χ1) is 9.65. The van der Waals surface area contributed by atoms with Crippen LogP contribution in [0.25, 0.3) is 0 Å². The van der Waals surface area contributed by atoms with E-state index < -0.39 is 0 Å². The van der Waals surface area contributed by atoms with Crippen molar-refractivity contribution in [2.45, 2.75) is 39.7 Å². The largest absolute Gasteiger partial charge is 0.486 e. The summed E-state index contributed by atoms with van der Waals surface area (Å²) in [6, 6.07) is 10.3. The van der Waals surface area contributed by atoms with Crippen molar-refractivity contribution < 1.29 is 4.74 Å². The van der Waals surface area contributed by atoms with Gasteiger partial charge in [0, 0.05) is 0 Å². The summed E-state index contributed by atoms with van der Waals surface area (Å²) in [6.07, 6.45) is 0.780. The summed E-state index contributed by atoms with van der Waals surface area (Å²) in [6.45, 7) is 6.72. The summed E-state index contributed by atoms with van der Waals surface area (Å²) in [5.74, 6) is 1.32. The van der Waals surface area contributed by atoms with Crippen LogP contribution in [0.5, 0.6) is 5.75 Å². The molecule has 0 bridgehead atoms. The minimum atomic E-state index is 0.420. The van der Waals surface area contributed by atoms with Crippen molar-refractivity contribution in [2.24, 2.45) is 0 Å². The van der Waals surface area contributed by atoms with Crippen molar-refractivity contribution in [3.63, 3.8) is 0 Å². The molecular formula is C16H18N2OS. The molecule has 0 spiro atoms. The number of ether oxygens (including phenoxy) is 1. The van der Waals surface area contributed by atoms with Gasteiger partial charge in [0.1, 0.15) is 28.3 Å². The summed E-state index contributed by atoms with van der Waals surface area (Å²) in [4.78, 5) is 5.16. The molecule has 0 aliphatic rings. The molecule has 1 aromatic carbocycles. The molecule has 0 aliphatic heterocycles. The van der Waals surface area contributed by atoms with Crippen molar-refractivity contribution in [2.75, 3.05) is 0 Å². The predicted octanol–water partition coefficient (Wildman–Crippen LogP) is 4.28. The van der Waals surface area contributed by atoms with Crippen LogP contribution in [0.3, 0.4) is 0 Å². The summed E-state index contributed by atoms with van der Waals surface area (Å²) < 4.78 is 5.88. The Labute approximate surface area is 123 Å². The van der Waals surface area contributed by atoms with Gasteiger partial charge < -0.3 is 4.74 Å². The van der Waals surface area contributed by atoms with Crippen LogP contribution < -0.4 is 4.74 Å². The number of hydrogen-bond acceptors (Lipinski definition) is 4. The maximum atomic E-state index is 9.04. The van der Waals surface area contributed by atoms with Crippen molar-refractivity contribution in [1.29, 1.82) is 5.26 Å². The first-order valence-corrected chi connectivity index (χ1v) is 7.57. The zero-order valence-corrected chi connectivity index (χ0v) is 12.8. The second-order valence-electron chi connectivity index (χ2n) is 4.83. The van der Waals surface area contributed by atoms with Crippen molar-refractivity contribution in [3.8, 4) is 11.8 Å². The normalized spacial score (nSPS) is 10.6. The predicted molar refractivity (Wildman–Crippen MR) is 81.1 cm³/mol. The summed E-state index contributed by atoms with van der Waals surface area (Å²) >= 11 is 1.42. The fourth-order valence-electron chi connectivity index (χ4n) is 2.02. The molecule has 0 unspecified atom stereocenters. The van der Waals surface area contributed by atoms with E-state index in [1.165, 1.54) is 16.9 Å². The molecule has 1 aromatic heterocycles. The number of rotatable bonds is 5. The van der Waals surface area contributed by atoms with Crippen LogP contribution in [0.15, 0.2) is 24.3 Å². The number of benzene rings is 1. The minimum Gasteiger partial charge on any atom is -0.486 e. The van der Waals surface area contributed by atoms with Crippen LogP contribution >= 0.6 is 11.3 Å². The molecule has 2 aromatic rings. The Morgan fingerprint density at radius 1 is 1.35 bits per heavy atom. The van der Waals surface area contributed by atoms with Gasteiger partial charge in [-0.05, 0) is 24.0 Å². The van der Waals surface area contributed by atoms with Crippen LogP contribution in [-0.4, -0.2) is 4.98 Å². The maximum Gasteiger partial charge on any atom is 0.140 e. The number of nitriles is 1. The second kappa shape index (κ2) is 6.53. The number of para-hydroxylation sites is 1. The van der Waals surface area contributed by atoms with E-state index in [1.807, 2.05) is 25.1 Å². The van der Waals surface area contributed by atoms with E-state index in [1.54, 1.807) is 0 Å². The second-order valence-corrected chi connectivity index (χ2v) is 5.91. The Morgan fingerprint density at radius 2 is 2.10 bits per heavy atom.